The fourth-order valence-electron chi connectivity index (χ4n) is 2.02. The number of hydrogen-bond donors (Lipinski definition) is 2. The standard InChI is InChI=1S/C16H19N3O2/c1-16(2,11-10-12-6-4-3-5-7-12)17-14-9-8-13(15(20)21)18-19-14/h3-9H,10-11H2,1-2H3,(H,17,19)(H,20,21). The molecule has 21 heavy (non-hydrogen) atoms. The zero-order valence-corrected chi connectivity index (χ0v) is 12.2. The second-order valence-corrected chi connectivity index (χ2v) is 5.60. The SMILES string of the molecule is CC(C)(CCc1ccccc1)Nc1ccc(C(=O)O)nn1. The fraction of sp³-hybridized carbons (Fsp3) is 0.312. The van der Waals surface area contributed by atoms with Gasteiger partial charge in [-0.05, 0) is 44.4 Å². The maximum atomic E-state index is 10.7. The van der Waals surface area contributed by atoms with Crippen LogP contribution in [0.4, 0.5) is 5.82 Å². The van der Waals surface area contributed by atoms with Gasteiger partial charge in [-0.3, -0.25) is 0 Å². The first-order chi connectivity index (χ1) is 9.96. The monoisotopic (exact) mass is 285 g/mol. The van der Waals surface area contributed by atoms with Gasteiger partial charge in [-0.2, -0.15) is 0 Å². The molecule has 0 spiro atoms. The molecule has 0 radical (unpaired) electrons. The Balaban J connectivity index is 1.95. The first-order valence-electron chi connectivity index (χ1n) is 6.85. The van der Waals surface area contributed by atoms with Gasteiger partial charge in [-0.15, -0.1) is 10.2 Å². The molecule has 0 aliphatic carbocycles. The zero-order valence-electron chi connectivity index (χ0n) is 12.2. The van der Waals surface area contributed by atoms with Crippen LogP contribution < -0.4 is 5.32 Å². The van der Waals surface area contributed by atoms with E-state index in [9.17, 15) is 4.79 Å². The smallest absolute Gasteiger partial charge is 0.356 e. The molecule has 0 fully saturated rings. The Morgan fingerprint density at radius 3 is 2.43 bits per heavy atom. The summed E-state index contributed by atoms with van der Waals surface area (Å²) in [6, 6.07) is 13.4. The number of aromatic carboxylic acids is 1. The Hall–Kier alpha value is -2.43. The summed E-state index contributed by atoms with van der Waals surface area (Å²) < 4.78 is 0. The molecule has 2 N–H and O–H groups in total. The third-order valence-corrected chi connectivity index (χ3v) is 3.23. The van der Waals surface area contributed by atoms with E-state index in [4.69, 9.17) is 5.11 Å². The molecule has 0 amide bonds. The molecule has 0 atom stereocenters. The molecule has 0 saturated carbocycles. The first kappa shape index (κ1) is 15.0. The molecule has 0 aliphatic heterocycles. The lowest BCUT2D eigenvalue weighted by atomic mass is 9.95. The molecule has 5 heteroatoms. The molecular formula is C16H19N3O2. The Labute approximate surface area is 124 Å². The van der Waals surface area contributed by atoms with Crippen LogP contribution in [0.15, 0.2) is 42.5 Å². The number of aryl methyl sites for hydroxylation is 1. The number of rotatable bonds is 6. The maximum absolute atomic E-state index is 10.7. The summed E-state index contributed by atoms with van der Waals surface area (Å²) in [7, 11) is 0. The van der Waals surface area contributed by atoms with Crippen LogP contribution in [0.5, 0.6) is 0 Å². The fourth-order valence-corrected chi connectivity index (χ4v) is 2.02. The quantitative estimate of drug-likeness (QED) is 0.853. The number of nitrogens with one attached hydrogen (secondary N) is 1. The van der Waals surface area contributed by atoms with Crippen molar-refractivity contribution in [3.8, 4) is 0 Å². The molecule has 1 aromatic heterocycles. The Morgan fingerprint density at radius 2 is 1.86 bits per heavy atom. The van der Waals surface area contributed by atoms with E-state index < -0.39 is 5.97 Å². The van der Waals surface area contributed by atoms with Crippen LogP contribution in [-0.4, -0.2) is 26.8 Å². The zero-order chi connectivity index (χ0) is 15.3. The highest BCUT2D eigenvalue weighted by molar-refractivity contribution is 5.85. The van der Waals surface area contributed by atoms with Crippen molar-refractivity contribution in [2.75, 3.05) is 5.32 Å². The lowest BCUT2D eigenvalue weighted by molar-refractivity contribution is 0.0689. The maximum Gasteiger partial charge on any atom is 0.356 e. The van der Waals surface area contributed by atoms with Gasteiger partial charge in [0.2, 0.25) is 0 Å². The highest BCUT2D eigenvalue weighted by Gasteiger charge is 2.18. The van der Waals surface area contributed by atoms with Gasteiger partial charge < -0.3 is 10.4 Å². The van der Waals surface area contributed by atoms with Gasteiger partial charge >= 0.3 is 5.97 Å². The summed E-state index contributed by atoms with van der Waals surface area (Å²) in [5, 5.41) is 19.7. The van der Waals surface area contributed by atoms with Gasteiger partial charge in [0.25, 0.3) is 0 Å². The van der Waals surface area contributed by atoms with Crippen molar-refractivity contribution in [3.05, 3.63) is 53.7 Å². The summed E-state index contributed by atoms with van der Waals surface area (Å²) in [5.74, 6) is -0.490. The summed E-state index contributed by atoms with van der Waals surface area (Å²) in [6.45, 7) is 4.17. The Bertz CT molecular complexity index is 595. The van der Waals surface area contributed by atoms with Gasteiger partial charge in [0.1, 0.15) is 5.82 Å². The second kappa shape index (κ2) is 6.35. The summed E-state index contributed by atoms with van der Waals surface area (Å²) in [5.41, 5.74) is 1.08. The summed E-state index contributed by atoms with van der Waals surface area (Å²) in [4.78, 5) is 10.7. The van der Waals surface area contributed by atoms with Crippen LogP contribution in [0.25, 0.3) is 0 Å². The molecule has 0 saturated heterocycles. The van der Waals surface area contributed by atoms with Crippen LogP contribution in [-0.2, 0) is 6.42 Å². The molecule has 0 bridgehead atoms. The van der Waals surface area contributed by atoms with Crippen LogP contribution in [0.1, 0.15) is 36.3 Å². The van der Waals surface area contributed by atoms with Gasteiger partial charge in [0, 0.05) is 5.54 Å². The van der Waals surface area contributed by atoms with Crippen molar-refractivity contribution in [2.45, 2.75) is 32.2 Å². The van der Waals surface area contributed by atoms with Crippen molar-refractivity contribution >= 4 is 11.8 Å². The number of nitrogens with zero attached hydrogens (tertiary/aromatic N) is 2. The number of carbonyl (C=O) groups is 1. The van der Waals surface area contributed by atoms with Gasteiger partial charge in [0.15, 0.2) is 5.69 Å². The van der Waals surface area contributed by atoms with E-state index in [0.29, 0.717) is 5.82 Å². The average molecular weight is 285 g/mol. The molecule has 0 unspecified atom stereocenters. The molecule has 0 aliphatic rings. The van der Waals surface area contributed by atoms with Crippen molar-refractivity contribution in [1.82, 2.24) is 10.2 Å². The number of hydrogen-bond acceptors (Lipinski definition) is 4. The summed E-state index contributed by atoms with van der Waals surface area (Å²) in [6.07, 6.45) is 1.89. The average Bonchev–Trinajstić information content (AvgIpc) is 2.46. The van der Waals surface area contributed by atoms with E-state index in [2.05, 4.69) is 41.5 Å². The topological polar surface area (TPSA) is 75.1 Å². The Kier molecular flexibility index (Phi) is 4.52. The predicted molar refractivity (Wildman–Crippen MR) is 81.5 cm³/mol. The Morgan fingerprint density at radius 1 is 1.14 bits per heavy atom. The van der Waals surface area contributed by atoms with Gasteiger partial charge in [0.05, 0.1) is 0 Å². The van der Waals surface area contributed by atoms with E-state index in [-0.39, 0.29) is 11.2 Å². The van der Waals surface area contributed by atoms with Crippen LogP contribution in [0.3, 0.4) is 0 Å². The minimum absolute atomic E-state index is 0.0531. The number of aromatic nitrogens is 2. The van der Waals surface area contributed by atoms with Gasteiger partial charge in [-0.25, -0.2) is 4.79 Å². The normalized spacial score (nSPS) is 11.1. The summed E-state index contributed by atoms with van der Waals surface area (Å²) >= 11 is 0. The van der Waals surface area contributed by atoms with E-state index in [1.54, 1.807) is 6.07 Å². The third kappa shape index (κ3) is 4.56. The van der Waals surface area contributed by atoms with Crippen molar-refractivity contribution in [2.24, 2.45) is 0 Å². The predicted octanol–water partition coefficient (Wildman–Crippen LogP) is 3.00. The van der Waals surface area contributed by atoms with E-state index in [0.717, 1.165) is 12.8 Å². The highest BCUT2D eigenvalue weighted by atomic mass is 16.4. The lowest BCUT2D eigenvalue weighted by Crippen LogP contribution is -2.32. The van der Waals surface area contributed by atoms with Crippen molar-refractivity contribution < 1.29 is 9.90 Å². The van der Waals surface area contributed by atoms with Crippen molar-refractivity contribution in [3.63, 3.8) is 0 Å². The lowest BCUT2D eigenvalue weighted by Gasteiger charge is -2.26. The van der Waals surface area contributed by atoms with E-state index >= 15 is 0 Å². The molecule has 5 nitrogen and oxygen atoms in total. The minimum atomic E-state index is -1.07. The van der Waals surface area contributed by atoms with E-state index in [1.807, 2.05) is 18.2 Å². The third-order valence-electron chi connectivity index (χ3n) is 3.23. The van der Waals surface area contributed by atoms with Crippen LogP contribution in [0, 0.1) is 0 Å². The molecule has 2 rings (SSSR count). The number of benzene rings is 1. The number of anilines is 1. The molecule has 110 valence electrons. The molecule has 2 aromatic rings. The largest absolute Gasteiger partial charge is 0.476 e. The highest BCUT2D eigenvalue weighted by Crippen LogP contribution is 2.18. The first-order valence-corrected chi connectivity index (χ1v) is 6.85. The van der Waals surface area contributed by atoms with E-state index in [1.165, 1.54) is 11.6 Å². The molecule has 1 heterocycles. The number of carboxylic acids is 1. The molecular weight excluding hydrogens is 266 g/mol. The molecule has 1 aromatic carbocycles. The van der Waals surface area contributed by atoms with Crippen LogP contribution in [0.2, 0.25) is 0 Å². The van der Waals surface area contributed by atoms with Gasteiger partial charge in [-0.1, -0.05) is 30.3 Å². The minimum Gasteiger partial charge on any atom is -0.476 e. The van der Waals surface area contributed by atoms with Crippen molar-refractivity contribution in [1.29, 1.82) is 0 Å². The second-order valence-electron chi connectivity index (χ2n) is 5.60. The number of carboxylic acid groups (broad SMARTS) is 1. The van der Waals surface area contributed by atoms with Crippen LogP contribution >= 0.6 is 0 Å².